The molecule has 2 rings (SSSR count). The zero-order chi connectivity index (χ0) is 11.8. The van der Waals surface area contributed by atoms with Gasteiger partial charge in [0.2, 0.25) is 0 Å². The van der Waals surface area contributed by atoms with E-state index in [-0.39, 0.29) is 5.60 Å². The van der Waals surface area contributed by atoms with Gasteiger partial charge in [0, 0.05) is 11.6 Å². The molecule has 1 aliphatic rings. The third kappa shape index (κ3) is 1.81. The van der Waals surface area contributed by atoms with Crippen LogP contribution in [0, 0.1) is 0 Å². The summed E-state index contributed by atoms with van der Waals surface area (Å²) < 4.78 is 10.9. The Morgan fingerprint density at radius 3 is 2.75 bits per heavy atom. The van der Waals surface area contributed by atoms with Crippen molar-refractivity contribution in [3.8, 4) is 11.5 Å². The van der Waals surface area contributed by atoms with Crippen molar-refractivity contribution in [2.24, 2.45) is 0 Å². The molecule has 0 aliphatic carbocycles. The molecule has 0 fully saturated rings. The summed E-state index contributed by atoms with van der Waals surface area (Å²) in [6.07, 6.45) is 4.72. The van der Waals surface area contributed by atoms with Gasteiger partial charge in [0.1, 0.15) is 17.1 Å². The fourth-order valence-corrected chi connectivity index (χ4v) is 1.69. The molecular weight excluding hydrogens is 204 g/mol. The second-order valence-electron chi connectivity index (χ2n) is 4.29. The Morgan fingerprint density at radius 2 is 2.12 bits per heavy atom. The maximum atomic E-state index is 10.9. The van der Waals surface area contributed by atoms with E-state index >= 15 is 0 Å². The summed E-state index contributed by atoms with van der Waals surface area (Å²) in [5.41, 5.74) is 1.12. The molecule has 1 aromatic carbocycles. The van der Waals surface area contributed by atoms with Crippen LogP contribution in [0.5, 0.6) is 11.5 Å². The fourth-order valence-electron chi connectivity index (χ4n) is 1.69. The predicted octanol–water partition coefficient (Wildman–Crippen LogP) is 2.69. The Bertz CT molecular complexity index is 458. The topological polar surface area (TPSA) is 35.5 Å². The summed E-state index contributed by atoms with van der Waals surface area (Å²) in [6, 6.07) is 3.53. The van der Waals surface area contributed by atoms with Gasteiger partial charge in [0.05, 0.1) is 12.7 Å². The van der Waals surface area contributed by atoms with E-state index in [0.717, 1.165) is 17.6 Å². The lowest BCUT2D eigenvalue weighted by molar-refractivity contribution is 0.112. The minimum Gasteiger partial charge on any atom is -0.496 e. The number of ether oxygens (including phenoxy) is 2. The Balaban J connectivity index is 2.53. The molecule has 0 saturated heterocycles. The zero-order valence-corrected chi connectivity index (χ0v) is 9.61. The van der Waals surface area contributed by atoms with Crippen LogP contribution in [0.3, 0.4) is 0 Å². The van der Waals surface area contributed by atoms with Gasteiger partial charge in [-0.15, -0.1) is 0 Å². The van der Waals surface area contributed by atoms with E-state index in [0.29, 0.717) is 11.3 Å². The van der Waals surface area contributed by atoms with E-state index in [1.165, 1.54) is 0 Å². The van der Waals surface area contributed by atoms with E-state index in [4.69, 9.17) is 9.47 Å². The van der Waals surface area contributed by atoms with Gasteiger partial charge in [-0.1, -0.05) is 6.08 Å². The third-order valence-corrected chi connectivity index (χ3v) is 2.53. The van der Waals surface area contributed by atoms with Crippen molar-refractivity contribution >= 4 is 12.4 Å². The summed E-state index contributed by atoms with van der Waals surface area (Å²) in [5.74, 6) is 1.29. The number of fused-ring (bicyclic) bond motifs is 1. The molecular formula is C13H14O3. The first-order valence-electron chi connectivity index (χ1n) is 5.11. The normalized spacial score (nSPS) is 16.2. The van der Waals surface area contributed by atoms with Crippen LogP contribution in [0.4, 0.5) is 0 Å². The molecule has 0 saturated carbocycles. The molecule has 1 aromatic rings. The number of hydrogen-bond donors (Lipinski definition) is 0. The Morgan fingerprint density at radius 1 is 1.38 bits per heavy atom. The van der Waals surface area contributed by atoms with Crippen LogP contribution < -0.4 is 9.47 Å². The zero-order valence-electron chi connectivity index (χ0n) is 9.61. The van der Waals surface area contributed by atoms with Crippen molar-refractivity contribution in [1.82, 2.24) is 0 Å². The van der Waals surface area contributed by atoms with E-state index in [1.54, 1.807) is 19.2 Å². The maximum absolute atomic E-state index is 10.9. The van der Waals surface area contributed by atoms with Gasteiger partial charge in [0.15, 0.2) is 6.29 Å². The number of methoxy groups -OCH3 is 1. The molecule has 0 spiro atoms. The van der Waals surface area contributed by atoms with Crippen molar-refractivity contribution in [3.63, 3.8) is 0 Å². The molecule has 0 aromatic heterocycles. The Kier molecular flexibility index (Phi) is 2.46. The summed E-state index contributed by atoms with van der Waals surface area (Å²) in [4.78, 5) is 10.9. The summed E-state index contributed by atoms with van der Waals surface area (Å²) in [5, 5.41) is 0. The SMILES string of the molecule is COc1cc2c(cc1C=O)C=CC(C)(C)O2. The first-order valence-corrected chi connectivity index (χ1v) is 5.11. The first-order chi connectivity index (χ1) is 7.55. The molecule has 3 nitrogen and oxygen atoms in total. The summed E-state index contributed by atoms with van der Waals surface area (Å²) >= 11 is 0. The van der Waals surface area contributed by atoms with Crippen LogP contribution in [-0.2, 0) is 0 Å². The molecule has 16 heavy (non-hydrogen) atoms. The lowest BCUT2D eigenvalue weighted by atomic mass is 10.0. The van der Waals surface area contributed by atoms with E-state index in [1.807, 2.05) is 26.0 Å². The van der Waals surface area contributed by atoms with Crippen molar-refractivity contribution in [1.29, 1.82) is 0 Å². The van der Waals surface area contributed by atoms with Gasteiger partial charge in [-0.05, 0) is 26.0 Å². The number of aldehydes is 1. The van der Waals surface area contributed by atoms with Crippen LogP contribution in [0.2, 0.25) is 0 Å². The van der Waals surface area contributed by atoms with Crippen molar-refractivity contribution < 1.29 is 14.3 Å². The quantitative estimate of drug-likeness (QED) is 0.716. The number of rotatable bonds is 2. The van der Waals surface area contributed by atoms with Crippen LogP contribution in [0.25, 0.3) is 6.08 Å². The van der Waals surface area contributed by atoms with Gasteiger partial charge in [-0.25, -0.2) is 0 Å². The van der Waals surface area contributed by atoms with Crippen molar-refractivity contribution in [3.05, 3.63) is 29.3 Å². The molecule has 0 N–H and O–H groups in total. The molecule has 0 bridgehead atoms. The highest BCUT2D eigenvalue weighted by Gasteiger charge is 2.22. The Hall–Kier alpha value is -1.77. The number of carbonyl (C=O) groups is 1. The molecule has 0 unspecified atom stereocenters. The monoisotopic (exact) mass is 218 g/mol. The Labute approximate surface area is 94.7 Å². The van der Waals surface area contributed by atoms with Crippen LogP contribution in [0.15, 0.2) is 18.2 Å². The smallest absolute Gasteiger partial charge is 0.153 e. The molecule has 3 heteroatoms. The second-order valence-corrected chi connectivity index (χ2v) is 4.29. The lowest BCUT2D eigenvalue weighted by Gasteiger charge is -2.28. The largest absolute Gasteiger partial charge is 0.496 e. The standard InChI is InChI=1S/C13H14O3/c1-13(2)5-4-9-6-10(8-14)11(15-3)7-12(9)16-13/h4-8H,1-3H3. The number of benzene rings is 1. The van der Waals surface area contributed by atoms with Gasteiger partial charge in [-0.2, -0.15) is 0 Å². The minimum absolute atomic E-state index is 0.319. The van der Waals surface area contributed by atoms with Gasteiger partial charge in [-0.3, -0.25) is 4.79 Å². The highest BCUT2D eigenvalue weighted by molar-refractivity contribution is 5.82. The van der Waals surface area contributed by atoms with Crippen molar-refractivity contribution in [2.45, 2.75) is 19.4 Å². The summed E-state index contributed by atoms with van der Waals surface area (Å²) in [7, 11) is 1.54. The van der Waals surface area contributed by atoms with Crippen LogP contribution in [0.1, 0.15) is 29.8 Å². The number of hydrogen-bond acceptors (Lipinski definition) is 3. The average Bonchev–Trinajstić information content (AvgIpc) is 2.26. The highest BCUT2D eigenvalue weighted by Crippen LogP contribution is 2.35. The minimum atomic E-state index is -0.319. The molecule has 0 amide bonds. The molecule has 0 radical (unpaired) electrons. The number of carbonyl (C=O) groups excluding carboxylic acids is 1. The van der Waals surface area contributed by atoms with Gasteiger partial charge >= 0.3 is 0 Å². The molecule has 84 valence electrons. The van der Waals surface area contributed by atoms with Crippen molar-refractivity contribution in [2.75, 3.05) is 7.11 Å². The van der Waals surface area contributed by atoms with E-state index in [2.05, 4.69) is 0 Å². The molecule has 1 heterocycles. The lowest BCUT2D eigenvalue weighted by Crippen LogP contribution is -2.27. The van der Waals surface area contributed by atoms with E-state index < -0.39 is 0 Å². The van der Waals surface area contributed by atoms with Crippen LogP contribution in [-0.4, -0.2) is 19.0 Å². The maximum Gasteiger partial charge on any atom is 0.153 e. The summed E-state index contributed by atoms with van der Waals surface area (Å²) in [6.45, 7) is 3.96. The van der Waals surface area contributed by atoms with Gasteiger partial charge < -0.3 is 9.47 Å². The fraction of sp³-hybridized carbons (Fsp3) is 0.308. The van der Waals surface area contributed by atoms with Gasteiger partial charge in [0.25, 0.3) is 0 Å². The highest BCUT2D eigenvalue weighted by atomic mass is 16.5. The second kappa shape index (κ2) is 3.67. The van der Waals surface area contributed by atoms with E-state index in [9.17, 15) is 4.79 Å². The third-order valence-electron chi connectivity index (χ3n) is 2.53. The first kappa shape index (κ1) is 10.7. The molecule has 0 atom stereocenters. The van der Waals surface area contributed by atoms with Crippen LogP contribution >= 0.6 is 0 Å². The predicted molar refractivity (Wildman–Crippen MR) is 62.1 cm³/mol. The molecule has 1 aliphatic heterocycles. The average molecular weight is 218 g/mol.